The Labute approximate surface area is 191 Å². The normalized spacial score (nSPS) is 11.1. The molecule has 0 aliphatic heterocycles. The van der Waals surface area contributed by atoms with E-state index in [9.17, 15) is 22.8 Å². The molecule has 0 fully saturated rings. The largest absolute Gasteiger partial charge is 0.459 e. The van der Waals surface area contributed by atoms with Crippen LogP contribution >= 0.6 is 0 Å². The van der Waals surface area contributed by atoms with Crippen molar-refractivity contribution < 1.29 is 27.2 Å². The van der Waals surface area contributed by atoms with Crippen LogP contribution in [0, 0.1) is 0 Å². The molecule has 2 aromatic heterocycles. The molecule has 34 heavy (non-hydrogen) atoms. The molecule has 0 unspecified atom stereocenters. The van der Waals surface area contributed by atoms with Crippen LogP contribution in [0.15, 0.2) is 83.7 Å². The molecule has 0 spiro atoms. The zero-order valence-corrected chi connectivity index (χ0v) is 17.5. The number of benzene rings is 2. The predicted octanol–water partition coefficient (Wildman–Crippen LogP) is 5.06. The number of para-hydroxylation sites is 1. The molecular formula is C23H18F3N5O3. The number of urea groups is 1. The van der Waals surface area contributed by atoms with Crippen LogP contribution < -0.4 is 16.0 Å². The fraction of sp³-hybridized carbons (Fsp3) is 0.0870. The highest BCUT2D eigenvalue weighted by atomic mass is 19.4. The summed E-state index contributed by atoms with van der Waals surface area (Å²) in [7, 11) is 0. The number of nitrogens with one attached hydrogen (secondary N) is 3. The van der Waals surface area contributed by atoms with Gasteiger partial charge in [-0.25, -0.2) is 9.48 Å². The summed E-state index contributed by atoms with van der Waals surface area (Å²) in [5, 5.41) is 11.2. The summed E-state index contributed by atoms with van der Waals surface area (Å²) in [6, 6.07) is 14.4. The minimum absolute atomic E-state index is 0.0503. The molecule has 0 radical (unpaired) electrons. The third kappa shape index (κ3) is 5.44. The Kier molecular flexibility index (Phi) is 6.35. The third-order valence-electron chi connectivity index (χ3n) is 4.69. The topological polar surface area (TPSA) is 101 Å². The van der Waals surface area contributed by atoms with Gasteiger partial charge in [0, 0.05) is 24.0 Å². The number of hydrogen-bond donors (Lipinski definition) is 3. The zero-order valence-electron chi connectivity index (χ0n) is 17.5. The van der Waals surface area contributed by atoms with Gasteiger partial charge >= 0.3 is 12.2 Å². The van der Waals surface area contributed by atoms with Gasteiger partial charge in [0.15, 0.2) is 5.76 Å². The van der Waals surface area contributed by atoms with Crippen molar-refractivity contribution in [2.75, 3.05) is 10.6 Å². The molecule has 0 aliphatic rings. The summed E-state index contributed by atoms with van der Waals surface area (Å²) in [5.74, 6) is -0.752. The minimum atomic E-state index is -4.77. The Morgan fingerprint density at radius 2 is 1.79 bits per heavy atom. The molecule has 174 valence electrons. The summed E-state index contributed by atoms with van der Waals surface area (Å²) < 4.78 is 47.3. The first-order valence-corrected chi connectivity index (χ1v) is 9.99. The van der Waals surface area contributed by atoms with Crippen molar-refractivity contribution in [3.8, 4) is 5.69 Å². The van der Waals surface area contributed by atoms with Crippen molar-refractivity contribution >= 4 is 23.3 Å². The van der Waals surface area contributed by atoms with E-state index in [2.05, 4.69) is 21.0 Å². The molecule has 0 aliphatic carbocycles. The van der Waals surface area contributed by atoms with Gasteiger partial charge in [0.05, 0.1) is 29.4 Å². The van der Waals surface area contributed by atoms with Gasteiger partial charge in [0.2, 0.25) is 0 Å². The smallest absolute Gasteiger partial charge is 0.418 e. The van der Waals surface area contributed by atoms with E-state index >= 15 is 0 Å². The van der Waals surface area contributed by atoms with E-state index in [4.69, 9.17) is 4.42 Å². The number of carbonyl (C=O) groups excluding carboxylic acids is 2. The lowest BCUT2D eigenvalue weighted by atomic mass is 10.1. The first-order valence-electron chi connectivity index (χ1n) is 9.99. The summed E-state index contributed by atoms with van der Waals surface area (Å²) in [5.41, 5.74) is -0.191. The standard InChI is InChI=1S/C23H18F3N5O3/c24-23(25,26)18-11-16(29-21(32)20-7-4-10-34-20)8-9-19(18)30-22(33)27-12-15-13-28-31(14-15)17-5-2-1-3-6-17/h1-11,13-14H,12H2,(H,29,32)(H2,27,30,33). The van der Waals surface area contributed by atoms with E-state index < -0.39 is 29.4 Å². The van der Waals surface area contributed by atoms with Crippen LogP contribution in [0.3, 0.4) is 0 Å². The van der Waals surface area contributed by atoms with Gasteiger partial charge in [-0.15, -0.1) is 0 Å². The number of alkyl halides is 3. The highest BCUT2D eigenvalue weighted by Crippen LogP contribution is 2.36. The van der Waals surface area contributed by atoms with Crippen molar-refractivity contribution in [3.63, 3.8) is 0 Å². The number of furan rings is 1. The van der Waals surface area contributed by atoms with Gasteiger partial charge in [0.25, 0.3) is 5.91 Å². The Morgan fingerprint density at radius 3 is 2.50 bits per heavy atom. The second-order valence-corrected chi connectivity index (χ2v) is 7.13. The molecule has 2 heterocycles. The van der Waals surface area contributed by atoms with Gasteiger partial charge in [0.1, 0.15) is 0 Å². The maximum absolute atomic E-state index is 13.6. The predicted molar refractivity (Wildman–Crippen MR) is 118 cm³/mol. The lowest BCUT2D eigenvalue weighted by molar-refractivity contribution is -0.136. The lowest BCUT2D eigenvalue weighted by Gasteiger charge is -2.16. The third-order valence-corrected chi connectivity index (χ3v) is 4.69. The summed E-state index contributed by atoms with van der Waals surface area (Å²) >= 11 is 0. The summed E-state index contributed by atoms with van der Waals surface area (Å²) in [6.45, 7) is 0.0529. The van der Waals surface area contributed by atoms with E-state index in [-0.39, 0.29) is 18.0 Å². The van der Waals surface area contributed by atoms with Gasteiger partial charge in [-0.1, -0.05) is 18.2 Å². The molecule has 3 amide bonds. The number of hydrogen-bond acceptors (Lipinski definition) is 4. The van der Waals surface area contributed by atoms with Crippen molar-refractivity contribution in [2.45, 2.75) is 12.7 Å². The Morgan fingerprint density at radius 1 is 1.00 bits per heavy atom. The number of anilines is 2. The van der Waals surface area contributed by atoms with E-state index in [0.717, 1.165) is 17.8 Å². The van der Waals surface area contributed by atoms with E-state index in [1.807, 2.05) is 30.3 Å². The number of rotatable bonds is 6. The van der Waals surface area contributed by atoms with Crippen LogP contribution in [-0.4, -0.2) is 21.7 Å². The molecule has 0 saturated heterocycles. The molecule has 8 nitrogen and oxygen atoms in total. The molecular weight excluding hydrogens is 451 g/mol. The minimum Gasteiger partial charge on any atom is -0.459 e. The number of nitrogens with zero attached hydrogens (tertiary/aromatic N) is 2. The number of carbonyl (C=O) groups is 2. The van der Waals surface area contributed by atoms with Crippen LogP contribution in [0.4, 0.5) is 29.3 Å². The van der Waals surface area contributed by atoms with Crippen LogP contribution in [0.1, 0.15) is 21.7 Å². The van der Waals surface area contributed by atoms with Crippen LogP contribution in [0.2, 0.25) is 0 Å². The monoisotopic (exact) mass is 469 g/mol. The second kappa shape index (κ2) is 9.53. The number of aromatic nitrogens is 2. The van der Waals surface area contributed by atoms with E-state index in [0.29, 0.717) is 5.56 Å². The van der Waals surface area contributed by atoms with E-state index in [1.54, 1.807) is 17.1 Å². The average Bonchev–Trinajstić information content (AvgIpc) is 3.51. The zero-order chi connectivity index (χ0) is 24.1. The average molecular weight is 469 g/mol. The Hall–Kier alpha value is -4.54. The SMILES string of the molecule is O=C(NCc1cnn(-c2ccccc2)c1)Nc1ccc(NC(=O)c2ccco2)cc1C(F)(F)F. The van der Waals surface area contributed by atoms with Gasteiger partial charge in [-0.05, 0) is 42.5 Å². The molecule has 4 rings (SSSR count). The molecule has 4 aromatic rings. The highest BCUT2D eigenvalue weighted by Gasteiger charge is 2.34. The van der Waals surface area contributed by atoms with Crippen molar-refractivity contribution in [1.82, 2.24) is 15.1 Å². The number of amides is 3. The second-order valence-electron chi connectivity index (χ2n) is 7.13. The van der Waals surface area contributed by atoms with Gasteiger partial charge < -0.3 is 20.4 Å². The van der Waals surface area contributed by atoms with Crippen LogP contribution in [-0.2, 0) is 12.7 Å². The maximum atomic E-state index is 13.6. The fourth-order valence-electron chi connectivity index (χ4n) is 3.09. The molecule has 0 saturated carbocycles. The lowest BCUT2D eigenvalue weighted by Crippen LogP contribution is -2.29. The summed E-state index contributed by atoms with van der Waals surface area (Å²) in [6.07, 6.45) is -0.253. The molecule has 0 atom stereocenters. The first kappa shape index (κ1) is 22.6. The fourth-order valence-corrected chi connectivity index (χ4v) is 3.09. The molecule has 11 heteroatoms. The van der Waals surface area contributed by atoms with Crippen molar-refractivity contribution in [3.05, 3.63) is 96.2 Å². The Balaban J connectivity index is 1.41. The first-order chi connectivity index (χ1) is 16.3. The molecule has 0 bridgehead atoms. The molecule has 2 aromatic carbocycles. The van der Waals surface area contributed by atoms with Gasteiger partial charge in [-0.3, -0.25) is 4.79 Å². The van der Waals surface area contributed by atoms with E-state index in [1.165, 1.54) is 24.5 Å². The molecule has 3 N–H and O–H groups in total. The van der Waals surface area contributed by atoms with Crippen molar-refractivity contribution in [1.29, 1.82) is 0 Å². The maximum Gasteiger partial charge on any atom is 0.418 e. The highest BCUT2D eigenvalue weighted by molar-refractivity contribution is 6.02. The Bertz CT molecular complexity index is 1280. The number of halogens is 3. The quantitative estimate of drug-likeness (QED) is 0.368. The van der Waals surface area contributed by atoms with Crippen LogP contribution in [0.5, 0.6) is 0 Å². The van der Waals surface area contributed by atoms with Gasteiger partial charge in [-0.2, -0.15) is 18.3 Å². The summed E-state index contributed by atoms with van der Waals surface area (Å²) in [4.78, 5) is 24.3. The van der Waals surface area contributed by atoms with Crippen molar-refractivity contribution in [2.24, 2.45) is 0 Å². The van der Waals surface area contributed by atoms with Crippen LogP contribution in [0.25, 0.3) is 5.69 Å².